The van der Waals surface area contributed by atoms with Gasteiger partial charge in [0.25, 0.3) is 0 Å². The molecule has 0 aromatic rings. The predicted octanol–water partition coefficient (Wildman–Crippen LogP) is 2.16. The minimum absolute atomic E-state index is 0.0402. The van der Waals surface area contributed by atoms with E-state index in [1.807, 2.05) is 20.8 Å². The van der Waals surface area contributed by atoms with E-state index in [1.54, 1.807) is 0 Å². The van der Waals surface area contributed by atoms with Crippen LogP contribution in [0.25, 0.3) is 0 Å². The van der Waals surface area contributed by atoms with Crippen LogP contribution < -0.4 is 0 Å². The Morgan fingerprint density at radius 1 is 1.41 bits per heavy atom. The number of hydrogen-bond donors (Lipinski definition) is 0. The van der Waals surface area contributed by atoms with Gasteiger partial charge in [-0.1, -0.05) is 13.8 Å². The van der Waals surface area contributed by atoms with E-state index in [-0.39, 0.29) is 30.7 Å². The molecule has 0 spiro atoms. The van der Waals surface area contributed by atoms with Gasteiger partial charge in [0, 0.05) is 12.5 Å². The lowest BCUT2D eigenvalue weighted by Gasteiger charge is -2.29. The number of carbonyl (C=O) groups excluding carboxylic acids is 1. The Morgan fingerprint density at radius 3 is 2.82 bits per heavy atom. The van der Waals surface area contributed by atoms with Crippen LogP contribution in [0.1, 0.15) is 40.0 Å². The monoisotopic (exact) mass is 244 g/mol. The summed E-state index contributed by atoms with van der Waals surface area (Å²) in [5.74, 6) is 0.181. The summed E-state index contributed by atoms with van der Waals surface area (Å²) in [5, 5.41) is 0. The SMILES string of the molecule is CCOC1CCCC(COCC(=O)C(C)C)O1. The van der Waals surface area contributed by atoms with E-state index in [0.29, 0.717) is 13.2 Å². The van der Waals surface area contributed by atoms with Crippen LogP contribution in [0.2, 0.25) is 0 Å². The minimum Gasteiger partial charge on any atom is -0.371 e. The lowest BCUT2D eigenvalue weighted by Crippen LogP contribution is -2.33. The van der Waals surface area contributed by atoms with Crippen molar-refractivity contribution in [1.29, 1.82) is 0 Å². The number of carbonyl (C=O) groups is 1. The second-order valence-electron chi connectivity index (χ2n) is 4.71. The molecule has 1 saturated heterocycles. The van der Waals surface area contributed by atoms with Crippen molar-refractivity contribution in [1.82, 2.24) is 0 Å². The van der Waals surface area contributed by atoms with Crippen LogP contribution in [0.15, 0.2) is 0 Å². The van der Waals surface area contributed by atoms with Crippen LogP contribution in [0, 0.1) is 5.92 Å². The van der Waals surface area contributed by atoms with E-state index in [1.165, 1.54) is 0 Å². The molecular formula is C13H24O4. The highest BCUT2D eigenvalue weighted by atomic mass is 16.7. The molecule has 0 saturated carbocycles. The highest BCUT2D eigenvalue weighted by molar-refractivity contribution is 5.81. The van der Waals surface area contributed by atoms with Crippen LogP contribution in [-0.2, 0) is 19.0 Å². The number of ether oxygens (including phenoxy) is 3. The lowest BCUT2D eigenvalue weighted by atomic mass is 10.1. The Balaban J connectivity index is 2.16. The molecule has 0 aromatic heterocycles. The summed E-state index contributed by atoms with van der Waals surface area (Å²) in [6.07, 6.45) is 3.01. The first-order valence-corrected chi connectivity index (χ1v) is 6.51. The topological polar surface area (TPSA) is 44.8 Å². The molecule has 1 aliphatic rings. The fourth-order valence-corrected chi connectivity index (χ4v) is 1.75. The zero-order chi connectivity index (χ0) is 12.7. The average Bonchev–Trinajstić information content (AvgIpc) is 2.29. The van der Waals surface area contributed by atoms with Gasteiger partial charge in [-0.3, -0.25) is 4.79 Å². The van der Waals surface area contributed by atoms with Crippen LogP contribution >= 0.6 is 0 Å². The summed E-state index contributed by atoms with van der Waals surface area (Å²) in [6, 6.07) is 0. The zero-order valence-electron chi connectivity index (χ0n) is 11.1. The first-order valence-electron chi connectivity index (χ1n) is 6.51. The molecule has 4 nitrogen and oxygen atoms in total. The maximum absolute atomic E-state index is 11.4. The van der Waals surface area contributed by atoms with Crippen LogP contribution in [-0.4, -0.2) is 38.0 Å². The predicted molar refractivity (Wildman–Crippen MR) is 64.8 cm³/mol. The first kappa shape index (κ1) is 14.6. The van der Waals surface area contributed by atoms with E-state index < -0.39 is 0 Å². The molecule has 1 rings (SSSR count). The molecule has 0 aliphatic carbocycles. The second-order valence-corrected chi connectivity index (χ2v) is 4.71. The highest BCUT2D eigenvalue weighted by Crippen LogP contribution is 2.20. The van der Waals surface area contributed by atoms with Crippen LogP contribution in [0.3, 0.4) is 0 Å². The number of rotatable bonds is 7. The van der Waals surface area contributed by atoms with Crippen molar-refractivity contribution < 1.29 is 19.0 Å². The van der Waals surface area contributed by atoms with E-state index in [0.717, 1.165) is 19.3 Å². The van der Waals surface area contributed by atoms with Gasteiger partial charge in [0.05, 0.1) is 12.7 Å². The van der Waals surface area contributed by atoms with Crippen molar-refractivity contribution in [2.75, 3.05) is 19.8 Å². The first-order chi connectivity index (χ1) is 8.13. The molecule has 1 aliphatic heterocycles. The third-order valence-corrected chi connectivity index (χ3v) is 2.85. The number of hydrogen-bond acceptors (Lipinski definition) is 4. The summed E-state index contributed by atoms with van der Waals surface area (Å²) in [7, 11) is 0. The average molecular weight is 244 g/mol. The van der Waals surface area contributed by atoms with Gasteiger partial charge < -0.3 is 14.2 Å². The van der Waals surface area contributed by atoms with Gasteiger partial charge in [0.2, 0.25) is 0 Å². The molecule has 1 heterocycles. The molecule has 0 aromatic carbocycles. The second kappa shape index (κ2) is 7.80. The van der Waals surface area contributed by atoms with E-state index in [2.05, 4.69) is 0 Å². The summed E-state index contributed by atoms with van der Waals surface area (Å²) >= 11 is 0. The van der Waals surface area contributed by atoms with Crippen molar-refractivity contribution in [3.8, 4) is 0 Å². The molecule has 0 N–H and O–H groups in total. The molecule has 2 unspecified atom stereocenters. The largest absolute Gasteiger partial charge is 0.371 e. The maximum Gasteiger partial charge on any atom is 0.160 e. The van der Waals surface area contributed by atoms with Crippen LogP contribution in [0.5, 0.6) is 0 Å². The van der Waals surface area contributed by atoms with Crippen molar-refractivity contribution in [2.24, 2.45) is 5.92 Å². The van der Waals surface area contributed by atoms with E-state index in [9.17, 15) is 4.79 Å². The Labute approximate surface area is 104 Å². The minimum atomic E-state index is -0.0943. The van der Waals surface area contributed by atoms with Crippen molar-refractivity contribution >= 4 is 5.78 Å². The summed E-state index contributed by atoms with van der Waals surface area (Å²) < 4.78 is 16.5. The Morgan fingerprint density at radius 2 is 2.18 bits per heavy atom. The van der Waals surface area contributed by atoms with Gasteiger partial charge in [0.1, 0.15) is 6.61 Å². The van der Waals surface area contributed by atoms with Crippen molar-refractivity contribution in [2.45, 2.75) is 52.4 Å². The maximum atomic E-state index is 11.4. The quantitative estimate of drug-likeness (QED) is 0.688. The summed E-state index contributed by atoms with van der Waals surface area (Å²) in [5.41, 5.74) is 0. The smallest absolute Gasteiger partial charge is 0.160 e. The molecular weight excluding hydrogens is 220 g/mol. The van der Waals surface area contributed by atoms with Gasteiger partial charge in [-0.2, -0.15) is 0 Å². The van der Waals surface area contributed by atoms with Gasteiger partial charge in [-0.25, -0.2) is 0 Å². The number of Topliss-reactive ketones (excluding diaryl/α,β-unsaturated/α-hetero) is 1. The zero-order valence-corrected chi connectivity index (χ0v) is 11.1. The summed E-state index contributed by atoms with van der Waals surface area (Å²) in [4.78, 5) is 11.4. The molecule has 17 heavy (non-hydrogen) atoms. The van der Waals surface area contributed by atoms with Gasteiger partial charge in [0.15, 0.2) is 12.1 Å². The Bertz CT molecular complexity index is 225. The van der Waals surface area contributed by atoms with E-state index in [4.69, 9.17) is 14.2 Å². The van der Waals surface area contributed by atoms with Crippen LogP contribution in [0.4, 0.5) is 0 Å². The molecule has 0 bridgehead atoms. The number of ketones is 1. The van der Waals surface area contributed by atoms with Gasteiger partial charge in [-0.15, -0.1) is 0 Å². The molecule has 0 radical (unpaired) electrons. The third kappa shape index (κ3) is 5.61. The van der Waals surface area contributed by atoms with E-state index >= 15 is 0 Å². The molecule has 4 heteroatoms. The normalized spacial score (nSPS) is 25.2. The standard InChI is InChI=1S/C13H24O4/c1-4-16-13-7-5-6-11(17-13)8-15-9-12(14)10(2)3/h10-11,13H,4-9H2,1-3H3. The Kier molecular flexibility index (Phi) is 6.70. The Hall–Kier alpha value is -0.450. The van der Waals surface area contributed by atoms with Crippen molar-refractivity contribution in [3.63, 3.8) is 0 Å². The fraction of sp³-hybridized carbons (Fsp3) is 0.923. The fourth-order valence-electron chi connectivity index (χ4n) is 1.75. The molecule has 1 fully saturated rings. The summed E-state index contributed by atoms with van der Waals surface area (Å²) in [6.45, 7) is 7.08. The van der Waals surface area contributed by atoms with Gasteiger partial charge >= 0.3 is 0 Å². The van der Waals surface area contributed by atoms with Crippen molar-refractivity contribution in [3.05, 3.63) is 0 Å². The van der Waals surface area contributed by atoms with Gasteiger partial charge in [-0.05, 0) is 26.2 Å². The molecule has 2 atom stereocenters. The highest BCUT2D eigenvalue weighted by Gasteiger charge is 2.22. The third-order valence-electron chi connectivity index (χ3n) is 2.85. The molecule has 0 amide bonds. The lowest BCUT2D eigenvalue weighted by molar-refractivity contribution is -0.202. The molecule has 100 valence electrons.